The van der Waals surface area contributed by atoms with Crippen LogP contribution in [0.15, 0.2) is 42.5 Å². The number of nitrogens with two attached hydrogens (primary N) is 1. The minimum Gasteiger partial charge on any atom is -0.457 e. The number of benzene rings is 2. The molecule has 0 unspecified atom stereocenters. The van der Waals surface area contributed by atoms with Gasteiger partial charge >= 0.3 is 5.97 Å². The molecule has 19 heavy (non-hydrogen) atoms. The van der Waals surface area contributed by atoms with Gasteiger partial charge in [0.1, 0.15) is 6.61 Å². The standard InChI is InChI=1S/C16H17NO2/c1-11-6-8-13(9-7-11)10-19-16(18)14-4-3-5-15(17)12(14)2/h3-9H,10,17H2,1-2H3. The Hall–Kier alpha value is -2.29. The van der Waals surface area contributed by atoms with Crippen LogP contribution in [0.25, 0.3) is 0 Å². The first kappa shape index (κ1) is 13.1. The normalized spacial score (nSPS) is 10.2. The summed E-state index contributed by atoms with van der Waals surface area (Å²) in [6.07, 6.45) is 0. The predicted molar refractivity (Wildman–Crippen MR) is 75.9 cm³/mol. The van der Waals surface area contributed by atoms with Crippen molar-refractivity contribution < 1.29 is 9.53 Å². The lowest BCUT2D eigenvalue weighted by molar-refractivity contribution is 0.0472. The van der Waals surface area contributed by atoms with Crippen molar-refractivity contribution in [2.24, 2.45) is 0 Å². The van der Waals surface area contributed by atoms with Crippen LogP contribution in [0.1, 0.15) is 27.0 Å². The third-order valence-corrected chi connectivity index (χ3v) is 3.09. The van der Waals surface area contributed by atoms with E-state index in [1.807, 2.05) is 38.1 Å². The zero-order valence-electron chi connectivity index (χ0n) is 11.1. The van der Waals surface area contributed by atoms with Crippen molar-refractivity contribution in [1.29, 1.82) is 0 Å². The van der Waals surface area contributed by atoms with Crippen molar-refractivity contribution in [2.75, 3.05) is 5.73 Å². The van der Waals surface area contributed by atoms with E-state index in [-0.39, 0.29) is 12.6 Å². The molecule has 98 valence electrons. The molecule has 0 aliphatic carbocycles. The lowest BCUT2D eigenvalue weighted by Gasteiger charge is -2.09. The molecular formula is C16H17NO2. The van der Waals surface area contributed by atoms with Crippen LogP contribution in [-0.4, -0.2) is 5.97 Å². The quantitative estimate of drug-likeness (QED) is 0.676. The Labute approximate surface area is 113 Å². The number of esters is 1. The van der Waals surface area contributed by atoms with Gasteiger partial charge in [0.2, 0.25) is 0 Å². The summed E-state index contributed by atoms with van der Waals surface area (Å²) in [7, 11) is 0. The maximum Gasteiger partial charge on any atom is 0.338 e. The molecule has 3 heteroatoms. The van der Waals surface area contributed by atoms with Gasteiger partial charge in [0.15, 0.2) is 0 Å². The molecule has 0 saturated carbocycles. The number of carbonyl (C=O) groups is 1. The molecule has 0 saturated heterocycles. The summed E-state index contributed by atoms with van der Waals surface area (Å²) in [5.74, 6) is -0.342. The number of hydrogen-bond donors (Lipinski definition) is 1. The van der Waals surface area contributed by atoms with Crippen LogP contribution >= 0.6 is 0 Å². The smallest absolute Gasteiger partial charge is 0.338 e. The Kier molecular flexibility index (Phi) is 3.85. The molecule has 2 N–H and O–H groups in total. The molecule has 0 spiro atoms. The largest absolute Gasteiger partial charge is 0.457 e. The number of aryl methyl sites for hydroxylation is 1. The number of nitrogen functional groups attached to an aromatic ring is 1. The van der Waals surface area contributed by atoms with Crippen molar-refractivity contribution in [1.82, 2.24) is 0 Å². The first-order valence-corrected chi connectivity index (χ1v) is 6.15. The highest BCUT2D eigenvalue weighted by Gasteiger charge is 2.11. The molecule has 0 atom stereocenters. The molecule has 0 aliphatic rings. The van der Waals surface area contributed by atoms with Crippen LogP contribution < -0.4 is 5.73 Å². The number of anilines is 1. The van der Waals surface area contributed by atoms with E-state index in [0.717, 1.165) is 11.1 Å². The maximum atomic E-state index is 12.0. The molecule has 0 aromatic heterocycles. The molecule has 2 aromatic rings. The van der Waals surface area contributed by atoms with Gasteiger partial charge in [0.25, 0.3) is 0 Å². The molecule has 0 aliphatic heterocycles. The van der Waals surface area contributed by atoms with E-state index in [1.165, 1.54) is 5.56 Å². The van der Waals surface area contributed by atoms with Crippen molar-refractivity contribution in [3.63, 3.8) is 0 Å². The Morgan fingerprint density at radius 3 is 2.47 bits per heavy atom. The molecule has 0 bridgehead atoms. The van der Waals surface area contributed by atoms with E-state index in [0.29, 0.717) is 11.3 Å². The second-order valence-electron chi connectivity index (χ2n) is 4.58. The summed E-state index contributed by atoms with van der Waals surface area (Å²) in [6.45, 7) is 4.11. The second kappa shape index (κ2) is 5.57. The molecule has 2 rings (SSSR count). The van der Waals surface area contributed by atoms with E-state index < -0.39 is 0 Å². The summed E-state index contributed by atoms with van der Waals surface area (Å²) in [6, 6.07) is 13.1. The fraction of sp³-hybridized carbons (Fsp3) is 0.188. The molecule has 0 heterocycles. The van der Waals surface area contributed by atoms with Crippen molar-refractivity contribution in [2.45, 2.75) is 20.5 Å². The third-order valence-electron chi connectivity index (χ3n) is 3.09. The lowest BCUT2D eigenvalue weighted by atomic mass is 10.1. The van der Waals surface area contributed by atoms with Crippen LogP contribution in [0, 0.1) is 13.8 Å². The molecule has 0 amide bonds. The highest BCUT2D eigenvalue weighted by atomic mass is 16.5. The van der Waals surface area contributed by atoms with Gasteiger partial charge in [0, 0.05) is 5.69 Å². The highest BCUT2D eigenvalue weighted by Crippen LogP contribution is 2.17. The van der Waals surface area contributed by atoms with E-state index in [1.54, 1.807) is 18.2 Å². The second-order valence-corrected chi connectivity index (χ2v) is 4.58. The first-order chi connectivity index (χ1) is 9.08. The van der Waals surface area contributed by atoms with Gasteiger partial charge in [-0.15, -0.1) is 0 Å². The SMILES string of the molecule is Cc1ccc(COC(=O)c2cccc(N)c2C)cc1. The number of carbonyl (C=O) groups excluding carboxylic acids is 1. The van der Waals surface area contributed by atoms with Crippen LogP contribution in [0.4, 0.5) is 5.69 Å². The zero-order valence-corrected chi connectivity index (χ0v) is 11.1. The fourth-order valence-corrected chi connectivity index (χ4v) is 1.79. The van der Waals surface area contributed by atoms with Gasteiger partial charge in [0.05, 0.1) is 5.56 Å². The maximum absolute atomic E-state index is 12.0. The Morgan fingerprint density at radius 1 is 1.11 bits per heavy atom. The topological polar surface area (TPSA) is 52.3 Å². The van der Waals surface area contributed by atoms with Gasteiger partial charge in [-0.2, -0.15) is 0 Å². The van der Waals surface area contributed by atoms with E-state index in [9.17, 15) is 4.79 Å². The van der Waals surface area contributed by atoms with Crippen molar-refractivity contribution in [3.8, 4) is 0 Å². The van der Waals surface area contributed by atoms with Crippen LogP contribution in [0.5, 0.6) is 0 Å². The lowest BCUT2D eigenvalue weighted by Crippen LogP contribution is -2.08. The van der Waals surface area contributed by atoms with Gasteiger partial charge in [-0.1, -0.05) is 35.9 Å². The molecule has 3 nitrogen and oxygen atoms in total. The first-order valence-electron chi connectivity index (χ1n) is 6.15. The Balaban J connectivity index is 2.05. The van der Waals surface area contributed by atoms with Crippen molar-refractivity contribution >= 4 is 11.7 Å². The number of ether oxygens (including phenoxy) is 1. The predicted octanol–water partition coefficient (Wildman–Crippen LogP) is 3.24. The average Bonchev–Trinajstić information content (AvgIpc) is 2.41. The number of hydrogen-bond acceptors (Lipinski definition) is 3. The van der Waals surface area contributed by atoms with Crippen LogP contribution in [0.3, 0.4) is 0 Å². The molecule has 0 fully saturated rings. The van der Waals surface area contributed by atoms with E-state index in [2.05, 4.69) is 0 Å². The fourth-order valence-electron chi connectivity index (χ4n) is 1.79. The van der Waals surface area contributed by atoms with E-state index in [4.69, 9.17) is 10.5 Å². The average molecular weight is 255 g/mol. The van der Waals surface area contributed by atoms with Crippen LogP contribution in [-0.2, 0) is 11.3 Å². The minimum absolute atomic E-state index is 0.271. The Bertz CT molecular complexity index is 588. The molecular weight excluding hydrogens is 238 g/mol. The molecule has 2 aromatic carbocycles. The van der Waals surface area contributed by atoms with Gasteiger partial charge in [-0.05, 0) is 37.1 Å². The summed E-state index contributed by atoms with van der Waals surface area (Å²) in [5.41, 5.74) is 9.81. The van der Waals surface area contributed by atoms with Gasteiger partial charge in [-0.25, -0.2) is 4.79 Å². The van der Waals surface area contributed by atoms with Crippen LogP contribution in [0.2, 0.25) is 0 Å². The van der Waals surface area contributed by atoms with E-state index >= 15 is 0 Å². The van der Waals surface area contributed by atoms with Gasteiger partial charge in [-0.3, -0.25) is 0 Å². The Morgan fingerprint density at radius 2 is 1.79 bits per heavy atom. The minimum atomic E-state index is -0.342. The highest BCUT2D eigenvalue weighted by molar-refractivity contribution is 5.92. The molecule has 0 radical (unpaired) electrons. The summed E-state index contributed by atoms with van der Waals surface area (Å²) in [5, 5.41) is 0. The summed E-state index contributed by atoms with van der Waals surface area (Å²) in [4.78, 5) is 12.0. The zero-order chi connectivity index (χ0) is 13.8. The van der Waals surface area contributed by atoms with Gasteiger partial charge < -0.3 is 10.5 Å². The summed E-state index contributed by atoms with van der Waals surface area (Å²) < 4.78 is 5.30. The third kappa shape index (κ3) is 3.13. The number of rotatable bonds is 3. The summed E-state index contributed by atoms with van der Waals surface area (Å²) >= 11 is 0. The monoisotopic (exact) mass is 255 g/mol. The van der Waals surface area contributed by atoms with Crippen molar-refractivity contribution in [3.05, 3.63) is 64.7 Å².